The van der Waals surface area contributed by atoms with E-state index in [0.717, 1.165) is 12.8 Å². The van der Waals surface area contributed by atoms with Gasteiger partial charge >= 0.3 is 6.09 Å². The highest BCUT2D eigenvalue weighted by Gasteiger charge is 2.44. The van der Waals surface area contributed by atoms with Crippen LogP contribution in [0.15, 0.2) is 30.9 Å². The number of fused-ring (bicyclic) bond motifs is 1. The van der Waals surface area contributed by atoms with Crippen LogP contribution in [-0.2, 0) is 4.74 Å². The normalized spacial score (nSPS) is 21.3. The number of nitrogens with zero attached hydrogens (tertiary/aromatic N) is 7. The first kappa shape index (κ1) is 23.0. The lowest BCUT2D eigenvalue weighted by Gasteiger charge is -2.44. The summed E-state index contributed by atoms with van der Waals surface area (Å²) < 4.78 is 35.5. The van der Waals surface area contributed by atoms with Gasteiger partial charge in [0.2, 0.25) is 0 Å². The van der Waals surface area contributed by atoms with E-state index in [-0.39, 0.29) is 40.4 Å². The smallest absolute Gasteiger partial charge is 0.410 e. The van der Waals surface area contributed by atoms with E-state index in [0.29, 0.717) is 30.3 Å². The minimum absolute atomic E-state index is 0.197. The van der Waals surface area contributed by atoms with Gasteiger partial charge in [-0.25, -0.2) is 28.5 Å². The molecule has 2 fully saturated rings. The van der Waals surface area contributed by atoms with Crippen LogP contribution >= 0.6 is 0 Å². The van der Waals surface area contributed by atoms with Crippen LogP contribution in [0.25, 0.3) is 16.9 Å². The lowest BCUT2D eigenvalue weighted by Crippen LogP contribution is -2.59. The second kappa shape index (κ2) is 8.45. The quantitative estimate of drug-likeness (QED) is 0.550. The monoisotopic (exact) mass is 481 g/mol. The molecule has 1 amide bonds. The van der Waals surface area contributed by atoms with Crippen molar-refractivity contribution in [1.82, 2.24) is 24.4 Å². The van der Waals surface area contributed by atoms with Crippen LogP contribution in [0.4, 0.5) is 19.4 Å². The van der Waals surface area contributed by atoms with Crippen molar-refractivity contribution >= 4 is 22.9 Å². The molecule has 3 aromatic heterocycles. The van der Waals surface area contributed by atoms with Crippen molar-refractivity contribution in [2.75, 3.05) is 18.0 Å². The highest BCUT2D eigenvalue weighted by molar-refractivity contribution is 5.93. The Hall–Kier alpha value is -3.81. The zero-order valence-electron chi connectivity index (χ0n) is 19.7. The number of piperazine rings is 1. The fraction of sp³-hybridized carbons (Fsp3) is 0.458. The Morgan fingerprint density at radius 3 is 2.69 bits per heavy atom. The number of aromatic nitrogens is 4. The third-order valence-electron chi connectivity index (χ3n) is 6.73. The van der Waals surface area contributed by atoms with Crippen LogP contribution in [0.3, 0.4) is 0 Å². The number of carbonyl (C=O) groups is 1. The largest absolute Gasteiger partial charge is 0.443 e. The van der Waals surface area contributed by atoms with Gasteiger partial charge in [-0.05, 0) is 45.7 Å². The molecule has 5 rings (SSSR count). The molecule has 35 heavy (non-hydrogen) atoms. The Bertz CT molecular complexity index is 1330. The molecule has 0 unspecified atom stereocenters. The molecule has 1 aliphatic carbocycles. The standard InChI is InChI=1S/C24H25F2N7O2/c1-14-11-32(23(34)35-24(3)5-6-24)15(2)10-31(14)21-19-17(20(25)26)12-33(22(19)30-13-29-21)18-8-16(9-27)4-7-28-18/h4,7-8,12-15,20H,5-6,10-11H2,1-3H3/t14-,15+/m0/s1. The van der Waals surface area contributed by atoms with Crippen LogP contribution in [0.1, 0.15) is 51.2 Å². The number of hydrogen-bond donors (Lipinski definition) is 0. The van der Waals surface area contributed by atoms with Crippen molar-refractivity contribution in [3.63, 3.8) is 0 Å². The summed E-state index contributed by atoms with van der Waals surface area (Å²) in [5.41, 5.74) is 0.0386. The number of ether oxygens (including phenoxy) is 1. The summed E-state index contributed by atoms with van der Waals surface area (Å²) in [6.45, 7) is 6.53. The van der Waals surface area contributed by atoms with E-state index < -0.39 is 6.43 Å². The minimum Gasteiger partial charge on any atom is -0.443 e. The van der Waals surface area contributed by atoms with Crippen LogP contribution in [0.5, 0.6) is 0 Å². The van der Waals surface area contributed by atoms with E-state index in [1.165, 1.54) is 29.4 Å². The fourth-order valence-electron chi connectivity index (χ4n) is 4.47. The molecule has 1 saturated heterocycles. The molecule has 1 saturated carbocycles. The molecule has 2 aliphatic rings. The Morgan fingerprint density at radius 1 is 1.23 bits per heavy atom. The predicted octanol–water partition coefficient (Wildman–Crippen LogP) is 4.21. The van der Waals surface area contributed by atoms with E-state index in [4.69, 9.17) is 4.74 Å². The number of anilines is 1. The SMILES string of the molecule is C[C@@H]1CN(c2ncnc3c2c(C(F)F)cn3-c2cc(C#N)ccn2)[C@@H](C)CN1C(=O)OC1(C)CC1. The van der Waals surface area contributed by atoms with Crippen molar-refractivity contribution in [3.05, 3.63) is 42.0 Å². The average molecular weight is 482 g/mol. The number of carbonyl (C=O) groups excluding carboxylic acids is 1. The third-order valence-corrected chi connectivity index (χ3v) is 6.73. The summed E-state index contributed by atoms with van der Waals surface area (Å²) in [5, 5.41) is 9.46. The topological polar surface area (TPSA) is 100 Å². The molecule has 3 aromatic rings. The Labute approximate surface area is 200 Å². The first-order valence-corrected chi connectivity index (χ1v) is 11.5. The average Bonchev–Trinajstić information content (AvgIpc) is 3.42. The lowest BCUT2D eigenvalue weighted by atomic mass is 10.1. The van der Waals surface area contributed by atoms with E-state index in [2.05, 4.69) is 15.0 Å². The third kappa shape index (κ3) is 4.13. The van der Waals surface area contributed by atoms with Crippen molar-refractivity contribution in [1.29, 1.82) is 5.26 Å². The van der Waals surface area contributed by atoms with Crippen molar-refractivity contribution in [3.8, 4) is 11.9 Å². The van der Waals surface area contributed by atoms with Gasteiger partial charge < -0.3 is 14.5 Å². The summed E-state index contributed by atoms with van der Waals surface area (Å²) in [7, 11) is 0. The highest BCUT2D eigenvalue weighted by atomic mass is 19.3. The molecule has 0 bridgehead atoms. The van der Waals surface area contributed by atoms with Gasteiger partial charge in [0.05, 0.1) is 17.0 Å². The molecule has 182 valence electrons. The second-order valence-electron chi connectivity index (χ2n) is 9.49. The number of pyridine rings is 1. The molecule has 2 atom stereocenters. The summed E-state index contributed by atoms with van der Waals surface area (Å²) in [6, 6.07) is 4.69. The van der Waals surface area contributed by atoms with Gasteiger partial charge in [0, 0.05) is 43.1 Å². The van der Waals surface area contributed by atoms with Gasteiger partial charge in [0.15, 0.2) is 5.65 Å². The van der Waals surface area contributed by atoms with Gasteiger partial charge in [-0.3, -0.25) is 4.57 Å². The maximum Gasteiger partial charge on any atom is 0.410 e. The van der Waals surface area contributed by atoms with E-state index >= 15 is 0 Å². The first-order chi connectivity index (χ1) is 16.7. The maximum atomic E-state index is 14.2. The lowest BCUT2D eigenvalue weighted by molar-refractivity contribution is 0.0421. The molecule has 0 aromatic carbocycles. The summed E-state index contributed by atoms with van der Waals surface area (Å²) in [6.07, 6.45) is 2.69. The van der Waals surface area contributed by atoms with E-state index in [9.17, 15) is 18.8 Å². The van der Waals surface area contributed by atoms with Gasteiger partial charge in [0.1, 0.15) is 23.6 Å². The minimum atomic E-state index is -2.77. The molecular formula is C24H25F2N7O2. The van der Waals surface area contributed by atoms with Crippen LogP contribution in [-0.4, -0.2) is 61.3 Å². The zero-order chi connectivity index (χ0) is 24.9. The van der Waals surface area contributed by atoms with E-state index in [1.54, 1.807) is 11.0 Å². The Morgan fingerprint density at radius 2 is 2.00 bits per heavy atom. The fourth-order valence-corrected chi connectivity index (χ4v) is 4.47. The molecule has 0 spiro atoms. The van der Waals surface area contributed by atoms with E-state index in [1.807, 2.05) is 31.7 Å². The van der Waals surface area contributed by atoms with Crippen molar-refractivity contribution in [2.24, 2.45) is 0 Å². The highest BCUT2D eigenvalue weighted by Crippen LogP contribution is 2.40. The van der Waals surface area contributed by atoms with Crippen LogP contribution < -0.4 is 4.90 Å². The Balaban J connectivity index is 1.53. The van der Waals surface area contributed by atoms with Crippen molar-refractivity contribution in [2.45, 2.75) is 57.7 Å². The van der Waals surface area contributed by atoms with Gasteiger partial charge in [-0.2, -0.15) is 5.26 Å². The second-order valence-corrected chi connectivity index (χ2v) is 9.49. The summed E-state index contributed by atoms with van der Waals surface area (Å²) in [5.74, 6) is 0.690. The van der Waals surface area contributed by atoms with Crippen LogP contribution in [0.2, 0.25) is 0 Å². The maximum absolute atomic E-state index is 14.2. The Kier molecular flexibility index (Phi) is 5.54. The number of rotatable bonds is 4. The number of amides is 1. The molecule has 1 aliphatic heterocycles. The molecule has 4 heterocycles. The number of halogens is 2. The summed E-state index contributed by atoms with van der Waals surface area (Å²) in [4.78, 5) is 29.3. The first-order valence-electron chi connectivity index (χ1n) is 11.5. The number of hydrogen-bond acceptors (Lipinski definition) is 7. The van der Waals surface area contributed by atoms with Crippen LogP contribution in [0, 0.1) is 11.3 Å². The molecule has 0 radical (unpaired) electrons. The van der Waals surface area contributed by atoms with Gasteiger partial charge in [-0.15, -0.1) is 0 Å². The number of nitriles is 1. The molecular weight excluding hydrogens is 456 g/mol. The molecule has 0 N–H and O–H groups in total. The zero-order valence-corrected chi connectivity index (χ0v) is 19.7. The van der Waals surface area contributed by atoms with Crippen molar-refractivity contribution < 1.29 is 18.3 Å². The van der Waals surface area contributed by atoms with Gasteiger partial charge in [-0.1, -0.05) is 0 Å². The molecule has 11 heteroatoms. The number of alkyl halides is 2. The predicted molar refractivity (Wildman–Crippen MR) is 123 cm³/mol. The summed E-state index contributed by atoms with van der Waals surface area (Å²) >= 11 is 0. The van der Waals surface area contributed by atoms with Gasteiger partial charge in [0.25, 0.3) is 6.43 Å². The molecule has 9 nitrogen and oxygen atoms in total.